The van der Waals surface area contributed by atoms with E-state index in [0.717, 1.165) is 30.9 Å². The lowest BCUT2D eigenvalue weighted by Gasteiger charge is -2.14. The fraction of sp³-hybridized carbons (Fsp3) is 0.583. The molecule has 0 aromatic carbocycles. The highest BCUT2D eigenvalue weighted by Gasteiger charge is 2.09. The van der Waals surface area contributed by atoms with Crippen molar-refractivity contribution >= 4 is 0 Å². The molecule has 1 aromatic rings. The molecule has 0 saturated carbocycles. The third kappa shape index (κ3) is 3.51. The molecule has 0 saturated heterocycles. The van der Waals surface area contributed by atoms with Gasteiger partial charge in [0.05, 0.1) is 6.61 Å². The number of rotatable bonds is 6. The summed E-state index contributed by atoms with van der Waals surface area (Å²) in [4.78, 5) is 4.26. The second-order valence-corrected chi connectivity index (χ2v) is 3.61. The number of nitrogens with one attached hydrogen (secondary N) is 1. The van der Waals surface area contributed by atoms with Crippen molar-refractivity contribution in [2.45, 2.75) is 32.7 Å². The second-order valence-electron chi connectivity index (χ2n) is 3.61. The predicted molar refractivity (Wildman–Crippen MR) is 62.1 cm³/mol. The van der Waals surface area contributed by atoms with Crippen LogP contribution in [-0.2, 0) is 0 Å². The summed E-state index contributed by atoms with van der Waals surface area (Å²) in [6.45, 7) is 5.00. The normalized spacial score (nSPS) is 12.5. The fourth-order valence-electron chi connectivity index (χ4n) is 1.32. The summed E-state index contributed by atoms with van der Waals surface area (Å²) in [7, 11) is 1.94. The number of pyridine rings is 1. The van der Waals surface area contributed by atoms with Gasteiger partial charge in [-0.15, -0.1) is 0 Å². The molecule has 0 aliphatic rings. The molecule has 3 heteroatoms. The Morgan fingerprint density at radius 3 is 3.00 bits per heavy atom. The topological polar surface area (TPSA) is 34.1 Å². The summed E-state index contributed by atoms with van der Waals surface area (Å²) >= 11 is 0. The van der Waals surface area contributed by atoms with Gasteiger partial charge in [0.2, 0.25) is 5.88 Å². The number of unbranched alkanes of at least 4 members (excludes halogenated alkanes) is 1. The average Bonchev–Trinajstić information content (AvgIpc) is 2.29. The van der Waals surface area contributed by atoms with Crippen molar-refractivity contribution in [3.8, 4) is 5.88 Å². The third-order valence-electron chi connectivity index (χ3n) is 2.44. The Hall–Kier alpha value is -1.09. The lowest BCUT2D eigenvalue weighted by Crippen LogP contribution is -2.14. The molecule has 84 valence electrons. The molecule has 0 radical (unpaired) electrons. The molecule has 3 nitrogen and oxygen atoms in total. The second kappa shape index (κ2) is 6.40. The molecule has 1 rings (SSSR count). The SMILES string of the molecule is CCCCOc1ncccc1C(C)NC. The number of hydrogen-bond donors (Lipinski definition) is 1. The van der Waals surface area contributed by atoms with Crippen molar-refractivity contribution in [1.82, 2.24) is 10.3 Å². The van der Waals surface area contributed by atoms with Gasteiger partial charge in [-0.1, -0.05) is 19.4 Å². The lowest BCUT2D eigenvalue weighted by atomic mass is 10.1. The average molecular weight is 208 g/mol. The molecule has 0 amide bonds. The Balaban J connectivity index is 2.68. The van der Waals surface area contributed by atoms with E-state index in [1.54, 1.807) is 6.20 Å². The van der Waals surface area contributed by atoms with Crippen LogP contribution in [0.4, 0.5) is 0 Å². The molecule has 15 heavy (non-hydrogen) atoms. The Kier molecular flexibility index (Phi) is 5.12. The Bertz CT molecular complexity index is 289. The van der Waals surface area contributed by atoms with Gasteiger partial charge >= 0.3 is 0 Å². The first-order chi connectivity index (χ1) is 7.29. The molecular formula is C12H20N2O. The molecule has 1 heterocycles. The molecule has 0 bridgehead atoms. The van der Waals surface area contributed by atoms with E-state index < -0.39 is 0 Å². The van der Waals surface area contributed by atoms with Gasteiger partial charge in [-0.05, 0) is 26.5 Å². The van der Waals surface area contributed by atoms with Crippen molar-refractivity contribution in [2.24, 2.45) is 0 Å². The van der Waals surface area contributed by atoms with Gasteiger partial charge < -0.3 is 10.1 Å². The predicted octanol–water partition coefficient (Wildman–Crippen LogP) is 2.54. The van der Waals surface area contributed by atoms with E-state index in [1.807, 2.05) is 13.1 Å². The maximum atomic E-state index is 5.65. The van der Waals surface area contributed by atoms with Gasteiger partial charge in [-0.2, -0.15) is 0 Å². The van der Waals surface area contributed by atoms with E-state index in [4.69, 9.17) is 4.74 Å². The van der Waals surface area contributed by atoms with Crippen molar-refractivity contribution in [3.63, 3.8) is 0 Å². The summed E-state index contributed by atoms with van der Waals surface area (Å²) in [5.74, 6) is 0.757. The Labute approximate surface area is 91.9 Å². The van der Waals surface area contributed by atoms with Crippen LogP contribution < -0.4 is 10.1 Å². The van der Waals surface area contributed by atoms with Crippen LogP contribution in [0.15, 0.2) is 18.3 Å². The van der Waals surface area contributed by atoms with Crippen LogP contribution in [0.2, 0.25) is 0 Å². The number of nitrogens with zero attached hydrogens (tertiary/aromatic N) is 1. The number of aromatic nitrogens is 1. The molecule has 1 unspecified atom stereocenters. The van der Waals surface area contributed by atoms with E-state index in [2.05, 4.69) is 30.2 Å². The van der Waals surface area contributed by atoms with E-state index in [-0.39, 0.29) is 6.04 Å². The zero-order valence-electron chi connectivity index (χ0n) is 9.79. The monoisotopic (exact) mass is 208 g/mol. The van der Waals surface area contributed by atoms with Crippen LogP contribution in [0.3, 0.4) is 0 Å². The summed E-state index contributed by atoms with van der Waals surface area (Å²) in [6, 6.07) is 4.26. The van der Waals surface area contributed by atoms with Gasteiger partial charge in [0.25, 0.3) is 0 Å². The Morgan fingerprint density at radius 1 is 1.53 bits per heavy atom. The van der Waals surface area contributed by atoms with Gasteiger partial charge in [-0.25, -0.2) is 4.98 Å². The quantitative estimate of drug-likeness (QED) is 0.729. The van der Waals surface area contributed by atoms with Gasteiger partial charge in [0, 0.05) is 17.8 Å². The number of ether oxygens (including phenoxy) is 1. The first-order valence-corrected chi connectivity index (χ1v) is 5.54. The maximum absolute atomic E-state index is 5.65. The highest BCUT2D eigenvalue weighted by Crippen LogP contribution is 2.21. The van der Waals surface area contributed by atoms with Gasteiger partial charge in [0.1, 0.15) is 0 Å². The summed E-state index contributed by atoms with van der Waals surface area (Å²) in [6.07, 6.45) is 3.99. The molecule has 1 N–H and O–H groups in total. The highest BCUT2D eigenvalue weighted by atomic mass is 16.5. The van der Waals surface area contributed by atoms with Crippen LogP contribution in [0.1, 0.15) is 38.3 Å². The summed E-state index contributed by atoms with van der Waals surface area (Å²) in [5, 5.41) is 3.19. The van der Waals surface area contributed by atoms with Crippen molar-refractivity contribution in [2.75, 3.05) is 13.7 Å². The zero-order valence-corrected chi connectivity index (χ0v) is 9.79. The molecule has 0 aliphatic carbocycles. The first kappa shape index (κ1) is 12.0. The highest BCUT2D eigenvalue weighted by molar-refractivity contribution is 5.28. The van der Waals surface area contributed by atoms with Gasteiger partial charge in [0.15, 0.2) is 0 Å². The zero-order chi connectivity index (χ0) is 11.1. The minimum atomic E-state index is 0.273. The van der Waals surface area contributed by atoms with Crippen LogP contribution in [0.25, 0.3) is 0 Å². The van der Waals surface area contributed by atoms with Crippen molar-refractivity contribution in [1.29, 1.82) is 0 Å². The smallest absolute Gasteiger partial charge is 0.218 e. The first-order valence-electron chi connectivity index (χ1n) is 5.54. The largest absolute Gasteiger partial charge is 0.477 e. The van der Waals surface area contributed by atoms with E-state index >= 15 is 0 Å². The molecule has 1 atom stereocenters. The summed E-state index contributed by atoms with van der Waals surface area (Å²) in [5.41, 5.74) is 1.12. The number of hydrogen-bond acceptors (Lipinski definition) is 3. The molecular weight excluding hydrogens is 188 g/mol. The lowest BCUT2D eigenvalue weighted by molar-refractivity contribution is 0.292. The van der Waals surface area contributed by atoms with Crippen LogP contribution in [-0.4, -0.2) is 18.6 Å². The molecule has 0 spiro atoms. The van der Waals surface area contributed by atoms with Gasteiger partial charge in [-0.3, -0.25) is 0 Å². The van der Waals surface area contributed by atoms with Crippen molar-refractivity contribution in [3.05, 3.63) is 23.9 Å². The van der Waals surface area contributed by atoms with Crippen LogP contribution >= 0.6 is 0 Å². The van der Waals surface area contributed by atoms with E-state index in [1.165, 1.54) is 0 Å². The molecule has 1 aromatic heterocycles. The van der Waals surface area contributed by atoms with E-state index in [9.17, 15) is 0 Å². The van der Waals surface area contributed by atoms with E-state index in [0.29, 0.717) is 0 Å². The van der Waals surface area contributed by atoms with Crippen LogP contribution in [0.5, 0.6) is 5.88 Å². The summed E-state index contributed by atoms with van der Waals surface area (Å²) < 4.78 is 5.65. The minimum absolute atomic E-state index is 0.273. The minimum Gasteiger partial charge on any atom is -0.477 e. The van der Waals surface area contributed by atoms with Crippen molar-refractivity contribution < 1.29 is 4.74 Å². The Morgan fingerprint density at radius 2 is 2.33 bits per heavy atom. The standard InChI is InChI=1S/C12H20N2O/c1-4-5-9-15-12-11(10(2)13-3)7-6-8-14-12/h6-8,10,13H,4-5,9H2,1-3H3. The maximum Gasteiger partial charge on any atom is 0.218 e. The van der Waals surface area contributed by atoms with Crippen LogP contribution in [0, 0.1) is 0 Å². The third-order valence-corrected chi connectivity index (χ3v) is 2.44. The molecule has 0 aliphatic heterocycles. The fourth-order valence-corrected chi connectivity index (χ4v) is 1.32. The molecule has 0 fully saturated rings.